The molecule has 0 aromatic carbocycles. The van der Waals surface area contributed by atoms with E-state index in [9.17, 15) is 40.3 Å². The average Bonchev–Trinajstić information content (AvgIpc) is 3.49. The molecule has 16 nitrogen and oxygen atoms in total. The van der Waals surface area contributed by atoms with E-state index in [4.69, 9.17) is 0 Å². The minimum atomic E-state index is -0.863. The van der Waals surface area contributed by atoms with Crippen LogP contribution < -0.4 is 19.6 Å². The number of aliphatic hydroxyl groups excluding tert-OH is 3. The molecule has 39 heavy (non-hydrogen) atoms. The Morgan fingerprint density at radius 3 is 1.77 bits per heavy atom. The van der Waals surface area contributed by atoms with E-state index in [-0.39, 0.29) is 65.1 Å². The van der Waals surface area contributed by atoms with Gasteiger partial charge in [0.1, 0.15) is 22.9 Å². The molecular weight excluding hydrogens is 603 g/mol. The number of carbonyl (C=O) groups is 1. The van der Waals surface area contributed by atoms with Gasteiger partial charge in [-0.3, -0.25) is 25.0 Å². The Balaban J connectivity index is 0.000000267. The number of allylic oxidation sites excluding steroid dienone is 4. The molecule has 0 radical (unpaired) electrons. The molecule has 4 rings (SSSR count). The Morgan fingerprint density at radius 2 is 1.36 bits per heavy atom. The zero-order chi connectivity index (χ0) is 28.0. The third-order valence-corrected chi connectivity index (χ3v) is 5.95. The van der Waals surface area contributed by atoms with Crippen molar-refractivity contribution in [3.8, 4) is 0 Å². The summed E-state index contributed by atoms with van der Waals surface area (Å²) in [5.41, 5.74) is 0.445. The van der Waals surface area contributed by atoms with E-state index in [0.29, 0.717) is 0 Å². The number of thiazole rings is 2. The van der Waals surface area contributed by atoms with Crippen LogP contribution in [0.15, 0.2) is 70.6 Å². The fourth-order valence-electron chi connectivity index (χ4n) is 2.61. The first-order valence-corrected chi connectivity index (χ1v) is 11.6. The summed E-state index contributed by atoms with van der Waals surface area (Å²) < 4.78 is 2.12. The van der Waals surface area contributed by atoms with Gasteiger partial charge in [-0.05, 0) is 12.2 Å². The SMILES string of the molecule is [CH2-][N+](/N=c1\[n-]cc([N+](=O)[O-])s1)=C1/C=CC(=O)C=C1O.[CH2-][N+](/N=c1\[n-]cc([N+](=O)[O-])s1)=C1/C=CC(O)C=C1O.[Co+3]. The predicted molar refractivity (Wildman–Crippen MR) is 132 cm³/mol. The van der Waals surface area contributed by atoms with E-state index >= 15 is 0 Å². The summed E-state index contributed by atoms with van der Waals surface area (Å²) in [6.45, 7) is 0. The second-order valence-corrected chi connectivity index (χ2v) is 8.89. The quantitative estimate of drug-likeness (QED) is 0.140. The van der Waals surface area contributed by atoms with Crippen LogP contribution >= 0.6 is 22.7 Å². The largest absolute Gasteiger partial charge is 3.00 e. The first kappa shape index (κ1) is 30.7. The number of hydrogen-bond donors (Lipinski definition) is 3. The summed E-state index contributed by atoms with van der Waals surface area (Å²) in [4.78, 5) is 38.6. The fourth-order valence-corrected chi connectivity index (χ4v) is 3.83. The number of carbonyl (C=O) groups excluding carboxylic acids is 1. The molecule has 2 aliphatic carbocycles. The summed E-state index contributed by atoms with van der Waals surface area (Å²) in [5, 5.41) is 57.0. The Bertz CT molecular complexity index is 1620. The number of hydrogen-bond acceptors (Lipinski definition) is 12. The van der Waals surface area contributed by atoms with Crippen LogP contribution in [0.1, 0.15) is 0 Å². The Hall–Kier alpha value is -4.56. The van der Waals surface area contributed by atoms with E-state index in [2.05, 4.69) is 34.3 Å². The molecule has 1 atom stereocenters. The van der Waals surface area contributed by atoms with E-state index in [1.54, 1.807) is 0 Å². The van der Waals surface area contributed by atoms with Crippen molar-refractivity contribution < 1.29 is 56.1 Å². The van der Waals surface area contributed by atoms with Crippen molar-refractivity contribution in [2.75, 3.05) is 0 Å². The Kier molecular flexibility index (Phi) is 10.5. The van der Waals surface area contributed by atoms with Crippen LogP contribution in [0.3, 0.4) is 0 Å². The van der Waals surface area contributed by atoms with Crippen LogP contribution in [-0.4, -0.2) is 57.8 Å². The smallest absolute Gasteiger partial charge is 0.520 e. The number of nitrogens with zero attached hydrogens (tertiary/aromatic N) is 8. The van der Waals surface area contributed by atoms with Crippen LogP contribution in [0.2, 0.25) is 0 Å². The zero-order valence-electron chi connectivity index (χ0n) is 19.2. The van der Waals surface area contributed by atoms with Gasteiger partial charge in [0.25, 0.3) is 0 Å². The van der Waals surface area contributed by atoms with E-state index < -0.39 is 16.0 Å². The van der Waals surface area contributed by atoms with Crippen LogP contribution in [-0.2, 0) is 21.6 Å². The van der Waals surface area contributed by atoms with Gasteiger partial charge in [0.2, 0.25) is 0 Å². The molecule has 2 aromatic heterocycles. The van der Waals surface area contributed by atoms with Crippen molar-refractivity contribution >= 4 is 49.9 Å². The van der Waals surface area contributed by atoms with E-state index in [1.807, 2.05) is 0 Å². The molecule has 0 bridgehead atoms. The maximum Gasteiger partial charge on any atom is 3.00 e. The van der Waals surface area contributed by atoms with Gasteiger partial charge in [0.15, 0.2) is 5.78 Å². The zero-order valence-corrected chi connectivity index (χ0v) is 21.9. The van der Waals surface area contributed by atoms with Crippen molar-refractivity contribution in [1.29, 1.82) is 0 Å². The molecule has 0 saturated heterocycles. The number of rotatable bonds is 4. The van der Waals surface area contributed by atoms with Gasteiger partial charge >= 0.3 is 26.8 Å². The second-order valence-electron chi connectivity index (χ2n) is 6.91. The number of aliphatic hydroxyl groups is 3. The standard InChI is InChI=1S/C10H9N4O4S.C10H8N4O4S.Co/c2*1-13(7-3-2-6(15)4-8(7)16)12-10-11-5-9(19-10)14(17)18;/h2-6,15H,1H2,(H-,11,12,16);2-5H,1H2,(H2,11,12,15,16);/q-1;;+3/p-1. The second kappa shape index (κ2) is 13.3. The van der Waals surface area contributed by atoms with Gasteiger partial charge in [-0.1, -0.05) is 40.9 Å². The van der Waals surface area contributed by atoms with Gasteiger partial charge in [0.05, 0.1) is 25.6 Å². The molecule has 2 aromatic rings. The average molecular weight is 619 g/mol. The number of nitro groups is 2. The van der Waals surface area contributed by atoms with Crippen LogP contribution in [0.25, 0.3) is 0 Å². The van der Waals surface area contributed by atoms with E-state index in [1.165, 1.54) is 30.4 Å². The molecule has 0 spiro atoms. The minimum absolute atomic E-state index is 0. The monoisotopic (exact) mass is 619 g/mol. The molecule has 1 unspecified atom stereocenters. The normalized spacial score (nSPS) is 19.8. The van der Waals surface area contributed by atoms with Crippen LogP contribution in [0.4, 0.5) is 10.0 Å². The molecule has 204 valence electrons. The maximum absolute atomic E-state index is 11.0. The van der Waals surface area contributed by atoms with Gasteiger partial charge in [-0.2, -0.15) is 0 Å². The summed E-state index contributed by atoms with van der Waals surface area (Å²) in [6, 6.07) is 0. The van der Waals surface area contributed by atoms with Gasteiger partial charge in [-0.25, -0.2) is 10.2 Å². The summed E-state index contributed by atoms with van der Waals surface area (Å²) >= 11 is 1.56. The molecular formula is C20H16CoN8O8S2+. The number of ketones is 1. The van der Waals surface area contributed by atoms with Crippen molar-refractivity contribution in [3.05, 3.63) is 104 Å². The third-order valence-electron chi connectivity index (χ3n) is 4.28. The van der Waals surface area contributed by atoms with Crippen molar-refractivity contribution in [1.82, 2.24) is 9.97 Å². The van der Waals surface area contributed by atoms with Gasteiger partial charge in [0, 0.05) is 32.6 Å². The van der Waals surface area contributed by atoms with Gasteiger partial charge < -0.3 is 34.7 Å². The molecule has 3 N–H and O–H groups in total. The van der Waals surface area contributed by atoms with Crippen molar-refractivity contribution in [2.24, 2.45) is 10.2 Å². The molecule has 2 heterocycles. The van der Waals surface area contributed by atoms with Gasteiger partial charge in [-0.15, -0.1) is 0 Å². The first-order chi connectivity index (χ1) is 17.9. The van der Waals surface area contributed by atoms with Crippen LogP contribution in [0, 0.1) is 34.3 Å². The Morgan fingerprint density at radius 1 is 0.872 bits per heavy atom. The summed E-state index contributed by atoms with van der Waals surface area (Å²) in [5.74, 6) is -0.809. The molecule has 0 saturated carbocycles. The number of aromatic nitrogens is 2. The first-order valence-electron chi connectivity index (χ1n) is 9.94. The van der Waals surface area contributed by atoms with Crippen molar-refractivity contribution in [3.63, 3.8) is 0 Å². The molecule has 0 amide bonds. The molecule has 19 heteroatoms. The molecule has 2 aliphatic rings. The third kappa shape index (κ3) is 8.21. The predicted octanol–water partition coefficient (Wildman–Crippen LogP) is 0.299. The van der Waals surface area contributed by atoms with Crippen LogP contribution in [0.5, 0.6) is 0 Å². The van der Waals surface area contributed by atoms with Crippen molar-refractivity contribution in [2.45, 2.75) is 6.10 Å². The fraction of sp³-hybridized carbons (Fsp3) is 0.0500. The summed E-state index contributed by atoms with van der Waals surface area (Å²) in [7, 11) is 7.13. The summed E-state index contributed by atoms with van der Waals surface area (Å²) in [6.07, 6.45) is 9.02. The Labute approximate surface area is 236 Å². The molecule has 0 fully saturated rings. The van der Waals surface area contributed by atoms with E-state index in [0.717, 1.165) is 50.5 Å². The maximum atomic E-state index is 11.0. The molecule has 0 aliphatic heterocycles. The minimum Gasteiger partial charge on any atom is -0.520 e. The topological polar surface area (TPSA) is 223 Å².